The Kier molecular flexibility index (Phi) is 6.72. The van der Waals surface area contributed by atoms with E-state index in [1.165, 1.54) is 8.61 Å². The predicted octanol–water partition coefficient (Wildman–Crippen LogP) is 0.905. The first-order chi connectivity index (χ1) is 13.3. The van der Waals surface area contributed by atoms with Crippen molar-refractivity contribution in [1.29, 1.82) is 0 Å². The lowest BCUT2D eigenvalue weighted by atomic mass is 10.2. The van der Waals surface area contributed by atoms with Crippen LogP contribution in [0.2, 0.25) is 0 Å². The Balaban J connectivity index is 1.51. The van der Waals surface area contributed by atoms with Crippen molar-refractivity contribution in [2.24, 2.45) is 0 Å². The van der Waals surface area contributed by atoms with Gasteiger partial charge in [0.1, 0.15) is 0 Å². The van der Waals surface area contributed by atoms with Crippen molar-refractivity contribution in [3.05, 3.63) is 29.8 Å². The van der Waals surface area contributed by atoms with Crippen LogP contribution in [0, 0.1) is 6.92 Å². The molecule has 28 heavy (non-hydrogen) atoms. The molecule has 0 aromatic heterocycles. The van der Waals surface area contributed by atoms with Crippen LogP contribution in [0.3, 0.4) is 0 Å². The standard InChI is InChI=1S/C19H30N4O4S/c1-15-6-4-5-7-18(15)20-19(24)14-21-8-10-22(11-9-21)28(25,26)23-12-16(2)27-17(3)13-23/h4-7,16-17H,8-14H2,1-3H3,(H,20,24)/t16-,17-/m1/s1. The molecule has 0 unspecified atom stereocenters. The van der Waals surface area contributed by atoms with Crippen LogP contribution in [0.15, 0.2) is 24.3 Å². The van der Waals surface area contributed by atoms with E-state index in [9.17, 15) is 13.2 Å². The van der Waals surface area contributed by atoms with E-state index in [0.717, 1.165) is 11.3 Å². The average molecular weight is 411 g/mol. The maximum absolute atomic E-state index is 12.9. The second-order valence-corrected chi connectivity index (χ2v) is 9.55. The summed E-state index contributed by atoms with van der Waals surface area (Å²) in [4.78, 5) is 14.3. The number of benzene rings is 1. The number of ether oxygens (including phenoxy) is 1. The lowest BCUT2D eigenvalue weighted by Crippen LogP contribution is -2.57. The molecule has 3 rings (SSSR count). The SMILES string of the molecule is Cc1ccccc1NC(=O)CN1CCN(S(=O)(=O)N2C[C@@H](C)O[C@H](C)C2)CC1. The fraction of sp³-hybridized carbons (Fsp3) is 0.632. The molecule has 2 aliphatic rings. The molecule has 8 nitrogen and oxygen atoms in total. The van der Waals surface area contributed by atoms with Gasteiger partial charge in [-0.15, -0.1) is 0 Å². The molecular formula is C19H30N4O4S. The topological polar surface area (TPSA) is 82.2 Å². The Morgan fingerprint density at radius 1 is 1.07 bits per heavy atom. The summed E-state index contributed by atoms with van der Waals surface area (Å²) >= 11 is 0. The Hall–Kier alpha value is -1.52. The van der Waals surface area contributed by atoms with Gasteiger partial charge in [-0.25, -0.2) is 0 Å². The first-order valence-corrected chi connectivity index (χ1v) is 11.1. The quantitative estimate of drug-likeness (QED) is 0.780. The predicted molar refractivity (Wildman–Crippen MR) is 108 cm³/mol. The van der Waals surface area contributed by atoms with Gasteiger partial charge in [-0.3, -0.25) is 9.69 Å². The highest BCUT2D eigenvalue weighted by Gasteiger charge is 2.36. The Labute approximate surface area is 167 Å². The van der Waals surface area contributed by atoms with Crippen molar-refractivity contribution in [2.45, 2.75) is 33.0 Å². The van der Waals surface area contributed by atoms with E-state index in [4.69, 9.17) is 4.74 Å². The van der Waals surface area contributed by atoms with Crippen molar-refractivity contribution < 1.29 is 17.9 Å². The summed E-state index contributed by atoms with van der Waals surface area (Å²) in [5.74, 6) is -0.0820. The van der Waals surface area contributed by atoms with E-state index in [1.807, 2.05) is 49.9 Å². The first kappa shape index (κ1) is 21.2. The molecule has 2 saturated heterocycles. The van der Waals surface area contributed by atoms with Gasteiger partial charge in [0, 0.05) is 45.0 Å². The van der Waals surface area contributed by atoms with E-state index in [2.05, 4.69) is 5.32 Å². The molecule has 156 valence electrons. The summed E-state index contributed by atoms with van der Waals surface area (Å²) in [6.07, 6.45) is -0.213. The maximum atomic E-state index is 12.9. The van der Waals surface area contributed by atoms with E-state index in [0.29, 0.717) is 39.3 Å². The first-order valence-electron chi connectivity index (χ1n) is 9.74. The number of morpholine rings is 1. The number of carbonyl (C=O) groups is 1. The van der Waals surface area contributed by atoms with Gasteiger partial charge in [-0.2, -0.15) is 17.0 Å². The average Bonchev–Trinajstić information content (AvgIpc) is 2.63. The summed E-state index contributed by atoms with van der Waals surface area (Å²) in [5.41, 5.74) is 1.82. The number of rotatable bonds is 5. The summed E-state index contributed by atoms with van der Waals surface area (Å²) < 4.78 is 34.6. The number of nitrogens with zero attached hydrogens (tertiary/aromatic N) is 3. The summed E-state index contributed by atoms with van der Waals surface area (Å²) in [5, 5.41) is 2.93. The molecule has 2 fully saturated rings. The summed E-state index contributed by atoms with van der Waals surface area (Å²) in [6, 6.07) is 7.65. The van der Waals surface area contributed by atoms with Gasteiger partial charge in [0.15, 0.2) is 0 Å². The van der Waals surface area contributed by atoms with Crippen LogP contribution < -0.4 is 5.32 Å². The lowest BCUT2D eigenvalue weighted by Gasteiger charge is -2.40. The second-order valence-electron chi connectivity index (χ2n) is 7.62. The van der Waals surface area contributed by atoms with Crippen LogP contribution in [0.25, 0.3) is 0 Å². The third kappa shape index (κ3) is 5.09. The fourth-order valence-electron chi connectivity index (χ4n) is 3.71. The fourth-order valence-corrected chi connectivity index (χ4v) is 5.45. The molecule has 0 bridgehead atoms. The van der Waals surface area contributed by atoms with Crippen LogP contribution in [-0.4, -0.2) is 85.9 Å². The molecule has 1 N–H and O–H groups in total. The highest BCUT2D eigenvalue weighted by atomic mass is 32.2. The Bertz CT molecular complexity index is 783. The number of carbonyl (C=O) groups excluding carboxylic acids is 1. The number of piperazine rings is 1. The third-order valence-corrected chi connectivity index (χ3v) is 7.12. The number of nitrogens with one attached hydrogen (secondary N) is 1. The molecule has 2 aliphatic heterocycles. The Morgan fingerprint density at radius 2 is 1.68 bits per heavy atom. The highest BCUT2D eigenvalue weighted by Crippen LogP contribution is 2.19. The molecule has 1 aromatic carbocycles. The molecule has 0 aliphatic carbocycles. The zero-order valence-electron chi connectivity index (χ0n) is 16.8. The van der Waals surface area contributed by atoms with Crippen molar-refractivity contribution in [1.82, 2.24) is 13.5 Å². The number of aryl methyl sites for hydroxylation is 1. The third-order valence-electron chi connectivity index (χ3n) is 5.16. The van der Waals surface area contributed by atoms with E-state index >= 15 is 0 Å². The van der Waals surface area contributed by atoms with Crippen molar-refractivity contribution in [2.75, 3.05) is 51.1 Å². The molecule has 9 heteroatoms. The summed E-state index contributed by atoms with van der Waals surface area (Å²) in [7, 11) is -3.50. The van der Waals surface area contributed by atoms with Gasteiger partial charge in [0.05, 0.1) is 18.8 Å². The van der Waals surface area contributed by atoms with E-state index in [1.54, 1.807) is 0 Å². The number of hydrogen-bond donors (Lipinski definition) is 1. The van der Waals surface area contributed by atoms with Crippen molar-refractivity contribution in [3.8, 4) is 0 Å². The number of anilines is 1. The number of hydrogen-bond acceptors (Lipinski definition) is 5. The van der Waals surface area contributed by atoms with Gasteiger partial charge in [0.25, 0.3) is 10.2 Å². The summed E-state index contributed by atoms with van der Waals surface area (Å²) in [6.45, 7) is 8.61. The van der Waals surface area contributed by atoms with Crippen molar-refractivity contribution in [3.63, 3.8) is 0 Å². The molecule has 1 aromatic rings. The highest BCUT2D eigenvalue weighted by molar-refractivity contribution is 7.86. The van der Waals surface area contributed by atoms with Crippen molar-refractivity contribution >= 4 is 21.8 Å². The monoisotopic (exact) mass is 410 g/mol. The molecule has 2 atom stereocenters. The molecule has 1 amide bonds. The normalized spacial score (nSPS) is 25.5. The second kappa shape index (κ2) is 8.87. The smallest absolute Gasteiger partial charge is 0.282 e. The number of para-hydroxylation sites is 1. The van der Waals surface area contributed by atoms with Crippen LogP contribution >= 0.6 is 0 Å². The minimum Gasteiger partial charge on any atom is -0.373 e. The van der Waals surface area contributed by atoms with Crippen LogP contribution in [0.4, 0.5) is 5.69 Å². The largest absolute Gasteiger partial charge is 0.373 e. The minimum atomic E-state index is -3.50. The van der Waals surface area contributed by atoms with E-state index < -0.39 is 10.2 Å². The van der Waals surface area contributed by atoms with Gasteiger partial charge in [0.2, 0.25) is 5.91 Å². The van der Waals surface area contributed by atoms with Crippen LogP contribution in [0.5, 0.6) is 0 Å². The molecule has 2 heterocycles. The van der Waals surface area contributed by atoms with Crippen LogP contribution in [0.1, 0.15) is 19.4 Å². The van der Waals surface area contributed by atoms with Crippen LogP contribution in [-0.2, 0) is 19.7 Å². The van der Waals surface area contributed by atoms with E-state index in [-0.39, 0.29) is 24.7 Å². The zero-order chi connectivity index (χ0) is 20.3. The molecule has 0 spiro atoms. The van der Waals surface area contributed by atoms with Gasteiger partial charge in [-0.1, -0.05) is 18.2 Å². The minimum absolute atomic E-state index is 0.0820. The lowest BCUT2D eigenvalue weighted by molar-refractivity contribution is -0.117. The zero-order valence-corrected chi connectivity index (χ0v) is 17.6. The number of amides is 1. The van der Waals surface area contributed by atoms with Gasteiger partial charge in [-0.05, 0) is 32.4 Å². The van der Waals surface area contributed by atoms with Gasteiger partial charge < -0.3 is 10.1 Å². The molecule has 0 radical (unpaired) electrons. The Morgan fingerprint density at radius 3 is 2.29 bits per heavy atom. The molecule has 0 saturated carbocycles. The maximum Gasteiger partial charge on any atom is 0.282 e. The molecular weight excluding hydrogens is 380 g/mol. The van der Waals surface area contributed by atoms with Gasteiger partial charge >= 0.3 is 0 Å².